The number of unbranched alkanes of at least 4 members (excludes halogenated alkanes) is 1. The molecule has 0 saturated carbocycles. The number of fused-ring (bicyclic) bond motifs is 1. The van der Waals surface area contributed by atoms with E-state index in [1.807, 2.05) is 37.3 Å². The molecule has 2 aromatic carbocycles. The quantitative estimate of drug-likeness (QED) is 0.429. The van der Waals surface area contributed by atoms with E-state index in [0.717, 1.165) is 37.0 Å². The molecule has 31 heavy (non-hydrogen) atoms. The van der Waals surface area contributed by atoms with Crippen LogP contribution in [0.3, 0.4) is 0 Å². The average molecular weight is 421 g/mol. The number of aliphatic hydroxyl groups is 1. The maximum absolute atomic E-state index is 13.1. The molecule has 6 nitrogen and oxygen atoms in total. The number of hydrogen-bond acceptors (Lipinski definition) is 5. The Labute approximate surface area is 182 Å². The van der Waals surface area contributed by atoms with Crippen LogP contribution in [0.25, 0.3) is 5.76 Å². The molecule has 0 radical (unpaired) electrons. The summed E-state index contributed by atoms with van der Waals surface area (Å²) in [5.41, 5.74) is 2.28. The van der Waals surface area contributed by atoms with Gasteiger partial charge in [0, 0.05) is 17.7 Å². The standard InChI is InChI=1S/C25H27NO5/c1-3-4-13-26-22(18-9-5-6-10-20(18)30-2)21(24(28)25(26)29)23(27)17-11-12-19-16(15-17)8-7-14-31-19/h5-6,9-12,15,22,27H,3-4,7-8,13-14H2,1-2H3/b23-21+. The van der Waals surface area contributed by atoms with E-state index in [2.05, 4.69) is 0 Å². The van der Waals surface area contributed by atoms with Gasteiger partial charge in [0.15, 0.2) is 0 Å². The van der Waals surface area contributed by atoms with E-state index in [-0.39, 0.29) is 11.3 Å². The lowest BCUT2D eigenvalue weighted by Crippen LogP contribution is -2.30. The van der Waals surface area contributed by atoms with Gasteiger partial charge in [-0.3, -0.25) is 9.59 Å². The number of amides is 1. The van der Waals surface area contributed by atoms with E-state index in [9.17, 15) is 14.7 Å². The second-order valence-corrected chi connectivity index (χ2v) is 7.86. The molecule has 1 unspecified atom stereocenters. The number of carbonyl (C=O) groups excluding carboxylic acids is 2. The maximum Gasteiger partial charge on any atom is 0.295 e. The fraction of sp³-hybridized carbons (Fsp3) is 0.360. The van der Waals surface area contributed by atoms with Crippen LogP contribution in [0.15, 0.2) is 48.0 Å². The number of Topliss-reactive ketones (excluding diaryl/α,β-unsaturated/α-hetero) is 1. The van der Waals surface area contributed by atoms with E-state index in [4.69, 9.17) is 9.47 Å². The van der Waals surface area contributed by atoms with Crippen molar-refractivity contribution in [1.82, 2.24) is 4.90 Å². The summed E-state index contributed by atoms with van der Waals surface area (Å²) >= 11 is 0. The van der Waals surface area contributed by atoms with Gasteiger partial charge in [-0.05, 0) is 49.1 Å². The minimum absolute atomic E-state index is 0.0993. The average Bonchev–Trinajstić information content (AvgIpc) is 3.06. The summed E-state index contributed by atoms with van der Waals surface area (Å²) in [6, 6.07) is 12.0. The number of aliphatic hydroxyl groups excluding tert-OH is 1. The summed E-state index contributed by atoms with van der Waals surface area (Å²) in [7, 11) is 1.56. The number of carbonyl (C=O) groups is 2. The van der Waals surface area contributed by atoms with Crippen molar-refractivity contribution in [3.05, 3.63) is 64.7 Å². The number of ketones is 1. The van der Waals surface area contributed by atoms with E-state index >= 15 is 0 Å². The largest absolute Gasteiger partial charge is 0.507 e. The third kappa shape index (κ3) is 3.78. The Hall–Kier alpha value is -3.28. The number of benzene rings is 2. The van der Waals surface area contributed by atoms with Crippen molar-refractivity contribution in [2.75, 3.05) is 20.3 Å². The van der Waals surface area contributed by atoms with Gasteiger partial charge in [-0.15, -0.1) is 0 Å². The van der Waals surface area contributed by atoms with Gasteiger partial charge in [0.2, 0.25) is 0 Å². The summed E-state index contributed by atoms with van der Waals surface area (Å²) in [5.74, 6) is -0.0552. The van der Waals surface area contributed by atoms with Crippen LogP contribution in [0.4, 0.5) is 0 Å². The molecule has 1 amide bonds. The Morgan fingerprint density at radius 3 is 2.81 bits per heavy atom. The minimum Gasteiger partial charge on any atom is -0.507 e. The molecule has 1 saturated heterocycles. The predicted molar refractivity (Wildman–Crippen MR) is 117 cm³/mol. The summed E-state index contributed by atoms with van der Waals surface area (Å²) in [5, 5.41) is 11.2. The van der Waals surface area contributed by atoms with Gasteiger partial charge in [-0.1, -0.05) is 31.5 Å². The van der Waals surface area contributed by atoms with Crippen LogP contribution in [-0.2, 0) is 16.0 Å². The summed E-state index contributed by atoms with van der Waals surface area (Å²) < 4.78 is 11.2. The Bertz CT molecular complexity index is 1040. The lowest BCUT2D eigenvalue weighted by atomic mass is 9.93. The van der Waals surface area contributed by atoms with Crippen molar-refractivity contribution < 1.29 is 24.2 Å². The van der Waals surface area contributed by atoms with Crippen LogP contribution in [0.1, 0.15) is 48.9 Å². The molecular weight excluding hydrogens is 394 g/mol. The smallest absolute Gasteiger partial charge is 0.295 e. The highest BCUT2D eigenvalue weighted by Gasteiger charge is 2.46. The summed E-state index contributed by atoms with van der Waals surface area (Å²) in [4.78, 5) is 27.6. The first-order valence-corrected chi connectivity index (χ1v) is 10.7. The maximum atomic E-state index is 13.1. The van der Waals surface area contributed by atoms with Gasteiger partial charge < -0.3 is 19.5 Å². The van der Waals surface area contributed by atoms with Crippen LogP contribution >= 0.6 is 0 Å². The van der Waals surface area contributed by atoms with E-state index in [1.165, 1.54) is 0 Å². The van der Waals surface area contributed by atoms with Crippen LogP contribution in [0.2, 0.25) is 0 Å². The summed E-state index contributed by atoms with van der Waals surface area (Å²) in [6.07, 6.45) is 3.39. The summed E-state index contributed by atoms with van der Waals surface area (Å²) in [6.45, 7) is 3.14. The molecule has 4 rings (SSSR count). The highest BCUT2D eigenvalue weighted by molar-refractivity contribution is 6.46. The Balaban J connectivity index is 1.86. The monoisotopic (exact) mass is 421 g/mol. The number of rotatable bonds is 6. The molecule has 0 aliphatic carbocycles. The number of hydrogen-bond donors (Lipinski definition) is 1. The zero-order valence-electron chi connectivity index (χ0n) is 17.9. The molecule has 2 heterocycles. The molecule has 162 valence electrons. The molecule has 1 atom stereocenters. The first-order chi connectivity index (χ1) is 15.1. The van der Waals surface area contributed by atoms with Gasteiger partial charge in [-0.25, -0.2) is 0 Å². The molecule has 0 spiro atoms. The highest BCUT2D eigenvalue weighted by atomic mass is 16.5. The Morgan fingerprint density at radius 2 is 2.03 bits per heavy atom. The first kappa shape index (κ1) is 21.0. The van der Waals surface area contributed by atoms with E-state index in [0.29, 0.717) is 30.0 Å². The number of likely N-dealkylation sites (tertiary alicyclic amines) is 1. The molecule has 1 N–H and O–H groups in total. The number of aryl methyl sites for hydroxylation is 1. The second-order valence-electron chi connectivity index (χ2n) is 7.86. The van der Waals surface area contributed by atoms with Crippen LogP contribution < -0.4 is 9.47 Å². The zero-order chi connectivity index (χ0) is 22.0. The Morgan fingerprint density at radius 1 is 1.23 bits per heavy atom. The first-order valence-electron chi connectivity index (χ1n) is 10.7. The molecule has 1 fully saturated rings. The van der Waals surface area contributed by atoms with Crippen molar-refractivity contribution >= 4 is 17.4 Å². The van der Waals surface area contributed by atoms with Gasteiger partial charge in [0.05, 0.1) is 25.3 Å². The SMILES string of the molecule is CCCCN1C(=O)C(=O)/C(=C(/O)c2ccc3c(c2)CCCO3)C1c1ccccc1OC. The van der Waals surface area contributed by atoms with E-state index in [1.54, 1.807) is 24.1 Å². The third-order valence-electron chi connectivity index (χ3n) is 5.91. The molecule has 2 aromatic rings. The van der Waals surface area contributed by atoms with Gasteiger partial charge in [0.25, 0.3) is 11.7 Å². The number of methoxy groups -OCH3 is 1. The number of ether oxygens (including phenoxy) is 2. The van der Waals surface area contributed by atoms with Crippen molar-refractivity contribution in [2.45, 2.75) is 38.6 Å². The molecular formula is C25H27NO5. The van der Waals surface area contributed by atoms with Crippen LogP contribution in [0, 0.1) is 0 Å². The third-order valence-corrected chi connectivity index (χ3v) is 5.91. The minimum atomic E-state index is -0.699. The fourth-order valence-corrected chi connectivity index (χ4v) is 4.32. The topological polar surface area (TPSA) is 76.1 Å². The fourth-order valence-electron chi connectivity index (χ4n) is 4.32. The van der Waals surface area contributed by atoms with Gasteiger partial charge in [0.1, 0.15) is 17.3 Å². The number of para-hydroxylation sites is 1. The van der Waals surface area contributed by atoms with Crippen molar-refractivity contribution in [1.29, 1.82) is 0 Å². The van der Waals surface area contributed by atoms with Crippen molar-refractivity contribution in [3.63, 3.8) is 0 Å². The molecule has 6 heteroatoms. The van der Waals surface area contributed by atoms with Crippen molar-refractivity contribution in [3.8, 4) is 11.5 Å². The van der Waals surface area contributed by atoms with Gasteiger partial charge >= 0.3 is 0 Å². The molecule has 0 aromatic heterocycles. The van der Waals surface area contributed by atoms with Crippen molar-refractivity contribution in [2.24, 2.45) is 0 Å². The highest BCUT2D eigenvalue weighted by Crippen LogP contribution is 2.43. The number of nitrogens with zero attached hydrogens (tertiary/aromatic N) is 1. The van der Waals surface area contributed by atoms with Crippen LogP contribution in [0.5, 0.6) is 11.5 Å². The van der Waals surface area contributed by atoms with Crippen LogP contribution in [-0.4, -0.2) is 42.0 Å². The molecule has 2 aliphatic rings. The Kier molecular flexibility index (Phi) is 5.98. The zero-order valence-corrected chi connectivity index (χ0v) is 17.9. The molecule has 0 bridgehead atoms. The normalized spacial score (nSPS) is 19.8. The predicted octanol–water partition coefficient (Wildman–Crippen LogP) is 4.24. The second kappa shape index (κ2) is 8.84. The lowest BCUT2D eigenvalue weighted by Gasteiger charge is -2.26. The van der Waals surface area contributed by atoms with Gasteiger partial charge in [-0.2, -0.15) is 0 Å². The van der Waals surface area contributed by atoms with E-state index < -0.39 is 17.7 Å². The molecule has 2 aliphatic heterocycles. The lowest BCUT2D eigenvalue weighted by molar-refractivity contribution is -0.139.